The number of rotatable bonds is 3. The summed E-state index contributed by atoms with van der Waals surface area (Å²) in [6.07, 6.45) is 0. The van der Waals surface area contributed by atoms with Gasteiger partial charge in [-0.15, -0.1) is 0 Å². The standard InChI is InChI=1S/C23H29N3O3S/c1-18-9-11-19(12-10-18)22(27)24-13-14-26-20(15-24)16-25(17-23(26,2)3)30(28,29)21-7-5-4-6-8-21/h4-12,20H,13-17H2,1-3H3. The first-order valence-corrected chi connectivity index (χ1v) is 11.8. The molecule has 0 bridgehead atoms. The van der Waals surface area contributed by atoms with E-state index in [4.69, 9.17) is 0 Å². The van der Waals surface area contributed by atoms with Gasteiger partial charge in [0.05, 0.1) is 4.90 Å². The molecule has 160 valence electrons. The Morgan fingerprint density at radius 2 is 1.63 bits per heavy atom. The number of nitrogens with zero attached hydrogens (tertiary/aromatic N) is 3. The summed E-state index contributed by atoms with van der Waals surface area (Å²) in [4.78, 5) is 17.6. The number of hydrogen-bond donors (Lipinski definition) is 0. The fraction of sp³-hybridized carbons (Fsp3) is 0.435. The number of benzene rings is 2. The summed E-state index contributed by atoms with van der Waals surface area (Å²) in [6, 6.07) is 16.2. The van der Waals surface area contributed by atoms with E-state index in [1.165, 1.54) is 0 Å². The van der Waals surface area contributed by atoms with Gasteiger partial charge < -0.3 is 4.90 Å². The zero-order valence-electron chi connectivity index (χ0n) is 17.8. The van der Waals surface area contributed by atoms with Gasteiger partial charge in [0.1, 0.15) is 0 Å². The van der Waals surface area contributed by atoms with Crippen molar-refractivity contribution in [2.75, 3.05) is 32.7 Å². The average Bonchev–Trinajstić information content (AvgIpc) is 2.73. The van der Waals surface area contributed by atoms with Gasteiger partial charge in [-0.3, -0.25) is 9.69 Å². The number of amides is 1. The van der Waals surface area contributed by atoms with Crippen molar-refractivity contribution in [3.8, 4) is 0 Å². The lowest BCUT2D eigenvalue weighted by Crippen LogP contribution is -2.70. The van der Waals surface area contributed by atoms with Crippen molar-refractivity contribution in [3.05, 3.63) is 65.7 Å². The topological polar surface area (TPSA) is 60.9 Å². The van der Waals surface area contributed by atoms with Crippen LogP contribution in [0.2, 0.25) is 0 Å². The SMILES string of the molecule is Cc1ccc(C(=O)N2CCN3C(C2)CN(S(=O)(=O)c2ccccc2)CC3(C)C)cc1. The van der Waals surface area contributed by atoms with Crippen molar-refractivity contribution >= 4 is 15.9 Å². The van der Waals surface area contributed by atoms with Crippen LogP contribution in [0.15, 0.2) is 59.5 Å². The fourth-order valence-corrected chi connectivity index (χ4v) is 6.27. The Balaban J connectivity index is 1.56. The minimum Gasteiger partial charge on any atom is -0.336 e. The molecule has 2 aromatic carbocycles. The summed E-state index contributed by atoms with van der Waals surface area (Å²) in [5.74, 6) is 0.00972. The number of fused-ring (bicyclic) bond motifs is 1. The Bertz CT molecular complexity index is 1020. The highest BCUT2D eigenvalue weighted by Gasteiger charge is 2.46. The van der Waals surface area contributed by atoms with Gasteiger partial charge in [-0.05, 0) is 45.0 Å². The number of hydrogen-bond acceptors (Lipinski definition) is 4. The highest BCUT2D eigenvalue weighted by molar-refractivity contribution is 7.89. The molecule has 30 heavy (non-hydrogen) atoms. The van der Waals surface area contributed by atoms with Crippen LogP contribution in [0, 0.1) is 6.92 Å². The molecule has 1 unspecified atom stereocenters. The molecule has 1 amide bonds. The molecule has 0 N–H and O–H groups in total. The monoisotopic (exact) mass is 427 g/mol. The van der Waals surface area contributed by atoms with Gasteiger partial charge in [0.25, 0.3) is 5.91 Å². The first-order valence-electron chi connectivity index (χ1n) is 10.4. The molecule has 2 saturated heterocycles. The van der Waals surface area contributed by atoms with Gasteiger partial charge in [-0.25, -0.2) is 8.42 Å². The van der Waals surface area contributed by atoms with E-state index in [2.05, 4.69) is 18.7 Å². The molecule has 2 heterocycles. The third-order valence-electron chi connectivity index (χ3n) is 6.20. The number of carbonyl (C=O) groups is 1. The average molecular weight is 428 g/mol. The zero-order valence-corrected chi connectivity index (χ0v) is 18.6. The summed E-state index contributed by atoms with van der Waals surface area (Å²) in [6.45, 7) is 8.92. The lowest BCUT2D eigenvalue weighted by molar-refractivity contribution is -0.0374. The van der Waals surface area contributed by atoms with Gasteiger partial charge in [-0.1, -0.05) is 35.9 Å². The van der Waals surface area contributed by atoms with Crippen LogP contribution in [-0.4, -0.2) is 72.7 Å². The van der Waals surface area contributed by atoms with Crippen LogP contribution < -0.4 is 0 Å². The molecule has 1 atom stereocenters. The van der Waals surface area contributed by atoms with E-state index in [-0.39, 0.29) is 17.5 Å². The van der Waals surface area contributed by atoms with Crippen LogP contribution in [0.25, 0.3) is 0 Å². The van der Waals surface area contributed by atoms with Crippen molar-refractivity contribution < 1.29 is 13.2 Å². The minimum absolute atomic E-state index is 0.00972. The lowest BCUT2D eigenvalue weighted by atomic mass is 9.94. The van der Waals surface area contributed by atoms with E-state index in [1.54, 1.807) is 28.6 Å². The molecule has 2 aliphatic rings. The minimum atomic E-state index is -3.58. The molecule has 0 spiro atoms. The Kier molecular flexibility index (Phi) is 5.46. The summed E-state index contributed by atoms with van der Waals surface area (Å²) >= 11 is 0. The Morgan fingerprint density at radius 1 is 0.967 bits per heavy atom. The predicted molar refractivity (Wildman–Crippen MR) is 117 cm³/mol. The van der Waals surface area contributed by atoms with Gasteiger partial charge in [-0.2, -0.15) is 4.31 Å². The van der Waals surface area contributed by atoms with Crippen LogP contribution in [0.5, 0.6) is 0 Å². The van der Waals surface area contributed by atoms with Gasteiger partial charge in [0.15, 0.2) is 0 Å². The normalized spacial score (nSPS) is 22.5. The molecule has 0 saturated carbocycles. The van der Waals surface area contributed by atoms with Crippen LogP contribution >= 0.6 is 0 Å². The first-order chi connectivity index (χ1) is 14.2. The van der Waals surface area contributed by atoms with Gasteiger partial charge >= 0.3 is 0 Å². The van der Waals surface area contributed by atoms with E-state index in [0.717, 1.165) is 12.1 Å². The molecule has 0 radical (unpaired) electrons. The predicted octanol–water partition coefficient (Wildman–Crippen LogP) is 2.60. The summed E-state index contributed by atoms with van der Waals surface area (Å²) in [5, 5.41) is 0. The van der Waals surface area contributed by atoms with E-state index < -0.39 is 10.0 Å². The second-order valence-corrected chi connectivity index (χ2v) is 10.8. The summed E-state index contributed by atoms with van der Waals surface area (Å²) < 4.78 is 28.1. The van der Waals surface area contributed by atoms with Crippen molar-refractivity contribution in [2.24, 2.45) is 0 Å². The maximum Gasteiger partial charge on any atom is 0.253 e. The van der Waals surface area contributed by atoms with Crippen molar-refractivity contribution in [2.45, 2.75) is 37.2 Å². The molecule has 2 fully saturated rings. The van der Waals surface area contributed by atoms with Crippen LogP contribution in [-0.2, 0) is 10.0 Å². The lowest BCUT2D eigenvalue weighted by Gasteiger charge is -2.55. The van der Waals surface area contributed by atoms with E-state index >= 15 is 0 Å². The third-order valence-corrected chi connectivity index (χ3v) is 8.03. The fourth-order valence-electron chi connectivity index (χ4n) is 4.62. The van der Waals surface area contributed by atoms with Gasteiger partial charge in [0.2, 0.25) is 10.0 Å². The highest BCUT2D eigenvalue weighted by atomic mass is 32.2. The first kappa shape index (κ1) is 21.0. The van der Waals surface area contributed by atoms with Crippen molar-refractivity contribution in [1.29, 1.82) is 0 Å². The van der Waals surface area contributed by atoms with Crippen LogP contribution in [0.3, 0.4) is 0 Å². The van der Waals surface area contributed by atoms with Crippen molar-refractivity contribution in [1.82, 2.24) is 14.1 Å². The molecular formula is C23H29N3O3S. The molecule has 4 rings (SSSR count). The maximum atomic E-state index is 13.2. The van der Waals surface area contributed by atoms with Crippen molar-refractivity contribution in [3.63, 3.8) is 0 Å². The zero-order chi connectivity index (χ0) is 21.5. The van der Waals surface area contributed by atoms with Crippen LogP contribution in [0.1, 0.15) is 29.8 Å². The molecule has 2 aliphatic heterocycles. The number of aryl methyl sites for hydroxylation is 1. The molecule has 0 aliphatic carbocycles. The quantitative estimate of drug-likeness (QED) is 0.756. The second-order valence-electron chi connectivity index (χ2n) is 8.89. The Morgan fingerprint density at radius 3 is 2.30 bits per heavy atom. The molecular weight excluding hydrogens is 398 g/mol. The Hall–Kier alpha value is -2.22. The number of piperazine rings is 2. The number of sulfonamides is 1. The van der Waals surface area contributed by atoms with E-state index in [0.29, 0.717) is 36.6 Å². The molecule has 2 aromatic rings. The third kappa shape index (κ3) is 3.89. The van der Waals surface area contributed by atoms with E-state index in [9.17, 15) is 13.2 Å². The summed E-state index contributed by atoms with van der Waals surface area (Å²) in [7, 11) is -3.58. The summed E-state index contributed by atoms with van der Waals surface area (Å²) in [5.41, 5.74) is 1.49. The highest BCUT2D eigenvalue weighted by Crippen LogP contribution is 2.31. The van der Waals surface area contributed by atoms with E-state index in [1.807, 2.05) is 42.2 Å². The van der Waals surface area contributed by atoms with Gasteiger partial charge in [0, 0.05) is 49.9 Å². The maximum absolute atomic E-state index is 13.2. The van der Waals surface area contributed by atoms with Crippen LogP contribution in [0.4, 0.5) is 0 Å². The number of carbonyl (C=O) groups excluding carboxylic acids is 1. The largest absolute Gasteiger partial charge is 0.336 e. The molecule has 0 aromatic heterocycles. The second kappa shape index (κ2) is 7.80. The smallest absolute Gasteiger partial charge is 0.253 e. The molecule has 7 heteroatoms. The Labute approximate surface area is 179 Å². The molecule has 6 nitrogen and oxygen atoms in total.